The molecule has 3 aromatic rings. The average molecular weight is 442 g/mol. The highest BCUT2D eigenvalue weighted by Crippen LogP contribution is 2.40. The van der Waals surface area contributed by atoms with E-state index in [1.54, 1.807) is 6.07 Å². The Kier molecular flexibility index (Phi) is 4.88. The minimum Gasteiger partial charge on any atom is -0.454 e. The Bertz CT molecular complexity index is 1200. The highest BCUT2D eigenvalue weighted by molar-refractivity contribution is 7.98. The first-order chi connectivity index (χ1) is 14.6. The van der Waals surface area contributed by atoms with Crippen molar-refractivity contribution in [3.63, 3.8) is 0 Å². The summed E-state index contributed by atoms with van der Waals surface area (Å²) < 4.78 is 10.8. The molecule has 0 aliphatic carbocycles. The first-order valence-electron chi connectivity index (χ1n) is 9.27. The monoisotopic (exact) mass is 441 g/mol. The van der Waals surface area contributed by atoms with E-state index in [2.05, 4.69) is 15.3 Å². The lowest BCUT2D eigenvalue weighted by molar-refractivity contribution is -0.116. The molecule has 2 aliphatic heterocycles. The predicted molar refractivity (Wildman–Crippen MR) is 114 cm³/mol. The molecule has 1 amide bonds. The highest BCUT2D eigenvalue weighted by atomic mass is 35.5. The topological polar surface area (TPSA) is 93.3 Å². The summed E-state index contributed by atoms with van der Waals surface area (Å²) >= 11 is 7.30. The number of hydrogen-bond acceptors (Lipinski definition) is 6. The van der Waals surface area contributed by atoms with E-state index in [-0.39, 0.29) is 24.7 Å². The van der Waals surface area contributed by atoms with E-state index in [0.717, 1.165) is 11.1 Å². The van der Waals surface area contributed by atoms with Gasteiger partial charge < -0.3 is 19.8 Å². The van der Waals surface area contributed by atoms with Gasteiger partial charge in [-0.05, 0) is 35.4 Å². The van der Waals surface area contributed by atoms with Gasteiger partial charge in [-0.1, -0.05) is 41.6 Å². The highest BCUT2D eigenvalue weighted by Gasteiger charge is 2.32. The Morgan fingerprint density at radius 3 is 2.73 bits per heavy atom. The number of fused-ring (bicyclic) bond motifs is 2. The van der Waals surface area contributed by atoms with E-state index in [4.69, 9.17) is 21.1 Å². The lowest BCUT2D eigenvalue weighted by Gasteiger charge is -2.24. The quantitative estimate of drug-likeness (QED) is 0.471. The van der Waals surface area contributed by atoms with Crippen molar-refractivity contribution in [1.29, 1.82) is 0 Å². The summed E-state index contributed by atoms with van der Waals surface area (Å²) in [5, 5.41) is 3.85. The van der Waals surface area contributed by atoms with Crippen LogP contribution in [0.5, 0.6) is 11.5 Å². The third-order valence-electron chi connectivity index (χ3n) is 5.02. The van der Waals surface area contributed by atoms with Crippen LogP contribution in [0.1, 0.15) is 29.0 Å². The molecule has 0 saturated heterocycles. The molecule has 0 saturated carbocycles. The van der Waals surface area contributed by atoms with Gasteiger partial charge in [0.25, 0.3) is 5.56 Å². The van der Waals surface area contributed by atoms with Crippen LogP contribution in [0.3, 0.4) is 0 Å². The molecule has 0 fully saturated rings. The van der Waals surface area contributed by atoms with Crippen LogP contribution in [-0.2, 0) is 10.5 Å². The lowest BCUT2D eigenvalue weighted by atomic mass is 9.86. The van der Waals surface area contributed by atoms with Crippen molar-refractivity contribution in [3.05, 3.63) is 74.5 Å². The van der Waals surface area contributed by atoms with E-state index < -0.39 is 5.92 Å². The Balaban J connectivity index is 1.45. The van der Waals surface area contributed by atoms with Crippen molar-refractivity contribution in [2.75, 3.05) is 12.1 Å². The van der Waals surface area contributed by atoms with Crippen molar-refractivity contribution >= 4 is 35.1 Å². The predicted octanol–water partition coefficient (Wildman–Crippen LogP) is 3.92. The summed E-state index contributed by atoms with van der Waals surface area (Å²) in [7, 11) is 0. The van der Waals surface area contributed by atoms with Gasteiger partial charge in [0.15, 0.2) is 16.7 Å². The molecular weight excluding hydrogens is 426 g/mol. The van der Waals surface area contributed by atoms with Crippen molar-refractivity contribution in [2.45, 2.75) is 23.2 Å². The Labute approximate surface area is 180 Å². The zero-order valence-corrected chi connectivity index (χ0v) is 17.2. The zero-order valence-electron chi connectivity index (χ0n) is 15.6. The number of carbonyl (C=O) groups is 1. The van der Waals surface area contributed by atoms with Gasteiger partial charge in [-0.15, -0.1) is 0 Å². The maximum atomic E-state index is 12.9. The molecule has 9 heteroatoms. The Morgan fingerprint density at radius 1 is 1.10 bits per heavy atom. The summed E-state index contributed by atoms with van der Waals surface area (Å²) in [4.78, 5) is 32.6. The van der Waals surface area contributed by atoms with Crippen molar-refractivity contribution in [3.8, 4) is 11.5 Å². The summed E-state index contributed by atoms with van der Waals surface area (Å²) in [6.45, 7) is 0.164. The maximum absolute atomic E-state index is 12.9. The van der Waals surface area contributed by atoms with E-state index in [1.807, 2.05) is 36.4 Å². The first kappa shape index (κ1) is 19.0. The molecule has 3 heterocycles. The second kappa shape index (κ2) is 7.70. The molecule has 0 spiro atoms. The number of ether oxygens (including phenoxy) is 2. The fourth-order valence-corrected chi connectivity index (χ4v) is 4.51. The van der Waals surface area contributed by atoms with Crippen LogP contribution in [0.2, 0.25) is 5.02 Å². The van der Waals surface area contributed by atoms with Gasteiger partial charge in [0.05, 0.1) is 5.56 Å². The molecule has 0 unspecified atom stereocenters. The van der Waals surface area contributed by atoms with E-state index in [0.29, 0.717) is 38.8 Å². The van der Waals surface area contributed by atoms with E-state index in [1.165, 1.54) is 11.8 Å². The van der Waals surface area contributed by atoms with Gasteiger partial charge in [-0.2, -0.15) is 0 Å². The van der Waals surface area contributed by atoms with Gasteiger partial charge in [-0.25, -0.2) is 4.98 Å². The van der Waals surface area contributed by atoms with E-state index >= 15 is 0 Å². The van der Waals surface area contributed by atoms with Crippen molar-refractivity contribution in [2.24, 2.45) is 0 Å². The summed E-state index contributed by atoms with van der Waals surface area (Å²) in [6, 6.07) is 12.9. The van der Waals surface area contributed by atoms with Crippen LogP contribution in [0.25, 0.3) is 0 Å². The minimum atomic E-state index is -0.408. The number of aromatic amines is 1. The molecule has 30 heavy (non-hydrogen) atoms. The Hall–Kier alpha value is -2.97. The van der Waals surface area contributed by atoms with Crippen LogP contribution >= 0.6 is 23.4 Å². The number of amides is 1. The van der Waals surface area contributed by atoms with Gasteiger partial charge in [0.2, 0.25) is 12.7 Å². The maximum Gasteiger partial charge on any atom is 0.257 e. The normalized spacial score (nSPS) is 16.8. The van der Waals surface area contributed by atoms with Crippen molar-refractivity contribution < 1.29 is 14.3 Å². The standard InChI is InChI=1S/C21H16ClN3O4S/c22-13-4-1-11(2-5-13)9-30-21-24-19-18(20(27)25-21)14(8-17(26)23-19)12-3-6-15-16(7-12)29-10-28-15/h1-7,14H,8-10H2,(H2,23,24,25,26,27)/t14-/m0/s1. The lowest BCUT2D eigenvalue weighted by Crippen LogP contribution is -2.31. The molecule has 1 atom stereocenters. The minimum absolute atomic E-state index is 0.161. The summed E-state index contributed by atoms with van der Waals surface area (Å²) in [5.41, 5.74) is 2.04. The van der Waals surface area contributed by atoms with Crippen LogP contribution in [0.4, 0.5) is 5.82 Å². The number of hydrogen-bond donors (Lipinski definition) is 2. The fraction of sp³-hybridized carbons (Fsp3) is 0.190. The molecule has 0 bridgehead atoms. The smallest absolute Gasteiger partial charge is 0.257 e. The van der Waals surface area contributed by atoms with Crippen LogP contribution < -0.4 is 20.3 Å². The number of nitrogens with zero attached hydrogens (tertiary/aromatic N) is 1. The molecule has 5 rings (SSSR count). The van der Waals surface area contributed by atoms with Gasteiger partial charge in [0, 0.05) is 23.1 Å². The molecule has 1 aromatic heterocycles. The average Bonchev–Trinajstić information content (AvgIpc) is 3.20. The molecule has 0 radical (unpaired) electrons. The van der Waals surface area contributed by atoms with Crippen molar-refractivity contribution in [1.82, 2.24) is 9.97 Å². The third-order valence-corrected chi connectivity index (χ3v) is 6.21. The number of carbonyl (C=O) groups excluding carboxylic acids is 1. The SMILES string of the molecule is O=C1C[C@@H](c2ccc3c(c2)OCO3)c2c(nc(SCc3ccc(Cl)cc3)[nH]c2=O)N1. The number of nitrogens with one attached hydrogen (secondary N) is 2. The number of halogens is 1. The molecule has 7 nitrogen and oxygen atoms in total. The number of thioether (sulfide) groups is 1. The number of rotatable bonds is 4. The number of aromatic nitrogens is 2. The fourth-order valence-electron chi connectivity index (χ4n) is 3.57. The van der Waals surface area contributed by atoms with Gasteiger partial charge in [0.1, 0.15) is 5.82 Å². The molecule has 2 aromatic carbocycles. The van der Waals surface area contributed by atoms with Gasteiger partial charge >= 0.3 is 0 Å². The summed E-state index contributed by atoms with van der Waals surface area (Å²) in [5.74, 6) is 1.58. The number of benzene rings is 2. The number of anilines is 1. The van der Waals surface area contributed by atoms with Crippen LogP contribution in [0, 0.1) is 0 Å². The molecule has 152 valence electrons. The summed E-state index contributed by atoms with van der Waals surface area (Å²) in [6.07, 6.45) is 0.161. The van der Waals surface area contributed by atoms with E-state index in [9.17, 15) is 9.59 Å². The largest absolute Gasteiger partial charge is 0.454 e. The van der Waals surface area contributed by atoms with Gasteiger partial charge in [-0.3, -0.25) is 9.59 Å². The zero-order chi connectivity index (χ0) is 20.7. The molecule has 2 aliphatic rings. The third kappa shape index (κ3) is 3.64. The first-order valence-corrected chi connectivity index (χ1v) is 10.6. The van der Waals surface area contributed by atoms with Crippen LogP contribution in [0.15, 0.2) is 52.4 Å². The number of H-pyrrole nitrogens is 1. The Morgan fingerprint density at radius 2 is 1.90 bits per heavy atom. The molecule has 2 N–H and O–H groups in total. The molecular formula is C21H16ClN3O4S. The second-order valence-electron chi connectivity index (χ2n) is 6.97. The van der Waals surface area contributed by atoms with Crippen LogP contribution in [-0.4, -0.2) is 22.7 Å². The second-order valence-corrected chi connectivity index (χ2v) is 8.37.